The summed E-state index contributed by atoms with van der Waals surface area (Å²) >= 11 is 0. The van der Waals surface area contributed by atoms with Crippen molar-refractivity contribution in [2.24, 2.45) is 5.92 Å². The van der Waals surface area contributed by atoms with Gasteiger partial charge in [0.15, 0.2) is 0 Å². The minimum Gasteiger partial charge on any atom is -0.508 e. The number of Topliss-reactive ketones (excluding diaryl/α,β-unsaturated/α-hetero) is 1. The lowest BCUT2D eigenvalue weighted by Crippen LogP contribution is -2.44. The van der Waals surface area contributed by atoms with Crippen LogP contribution in [-0.2, 0) is 10.2 Å². The molecule has 3 nitrogen and oxygen atoms in total. The Morgan fingerprint density at radius 1 is 1.14 bits per heavy atom. The van der Waals surface area contributed by atoms with Gasteiger partial charge in [0, 0.05) is 24.3 Å². The van der Waals surface area contributed by atoms with Crippen LogP contribution in [0.15, 0.2) is 12.1 Å². The highest BCUT2D eigenvalue weighted by atomic mass is 16.5. The van der Waals surface area contributed by atoms with E-state index in [0.717, 1.165) is 36.1 Å². The molecule has 1 N–H and O–H groups in total. The number of hydrogen-bond acceptors (Lipinski definition) is 3. The van der Waals surface area contributed by atoms with Gasteiger partial charge >= 0.3 is 0 Å². The highest BCUT2D eigenvalue weighted by molar-refractivity contribution is 5.79. The predicted molar refractivity (Wildman–Crippen MR) is 114 cm³/mol. The average Bonchev–Trinajstić information content (AvgIpc) is 2.80. The van der Waals surface area contributed by atoms with E-state index < -0.39 is 0 Å². The van der Waals surface area contributed by atoms with E-state index in [1.165, 1.54) is 25.7 Å². The molecule has 0 unspecified atom stereocenters. The highest BCUT2D eigenvalue weighted by Crippen LogP contribution is 2.54. The van der Waals surface area contributed by atoms with Crippen LogP contribution in [0, 0.1) is 5.92 Å². The molecule has 0 saturated heterocycles. The zero-order valence-electron chi connectivity index (χ0n) is 18.4. The molecule has 1 aliphatic heterocycles. The smallest absolute Gasteiger partial charge is 0.132 e. The van der Waals surface area contributed by atoms with E-state index in [4.69, 9.17) is 4.74 Å². The standard InChI is InChI=1S/C25H38O3/c1-6-7-8-9-14-24(2,3)17-15-21(27)23-19-12-10-18(26)11-13-20(19)25(4,5)28-22(23)16-17/h15-16,19-20,27H,6-14H2,1-5H3/t19-,20-/m1/s1. The van der Waals surface area contributed by atoms with Crippen LogP contribution in [0.2, 0.25) is 0 Å². The SMILES string of the molecule is CCCCCCC(C)(C)c1cc(O)c2c(c1)OC(C)(C)[C@@H]1CCC(=O)CC[C@@H]21. The first-order chi connectivity index (χ1) is 13.2. The van der Waals surface area contributed by atoms with E-state index in [-0.39, 0.29) is 22.9 Å². The summed E-state index contributed by atoms with van der Waals surface area (Å²) in [5.41, 5.74) is 1.77. The first-order valence-electron chi connectivity index (χ1n) is 11.2. The third-order valence-electron chi connectivity index (χ3n) is 7.15. The fraction of sp³-hybridized carbons (Fsp3) is 0.720. The summed E-state index contributed by atoms with van der Waals surface area (Å²) in [4.78, 5) is 12.1. The van der Waals surface area contributed by atoms with Crippen LogP contribution in [0.5, 0.6) is 11.5 Å². The summed E-state index contributed by atoms with van der Waals surface area (Å²) < 4.78 is 6.47. The number of phenolic OH excluding ortho intramolecular Hbond substituents is 1. The lowest BCUT2D eigenvalue weighted by molar-refractivity contribution is -0.119. The van der Waals surface area contributed by atoms with Gasteiger partial charge < -0.3 is 9.84 Å². The normalized spacial score (nSPS) is 24.1. The number of carbonyl (C=O) groups excluding carboxylic acids is 1. The fourth-order valence-electron chi connectivity index (χ4n) is 5.29. The minimum absolute atomic E-state index is 0.00399. The molecule has 3 rings (SSSR count). The summed E-state index contributed by atoms with van der Waals surface area (Å²) in [5, 5.41) is 11.0. The molecule has 1 fully saturated rings. The molecule has 1 aromatic carbocycles. The second kappa shape index (κ2) is 8.08. The van der Waals surface area contributed by atoms with Crippen molar-refractivity contribution < 1.29 is 14.6 Å². The lowest BCUT2D eigenvalue weighted by atomic mass is 9.70. The van der Waals surface area contributed by atoms with Gasteiger partial charge in [0.25, 0.3) is 0 Å². The van der Waals surface area contributed by atoms with Crippen LogP contribution in [0.1, 0.15) is 109 Å². The molecular weight excluding hydrogens is 348 g/mol. The van der Waals surface area contributed by atoms with Gasteiger partial charge in [0.1, 0.15) is 22.9 Å². The Morgan fingerprint density at radius 2 is 1.86 bits per heavy atom. The molecule has 0 amide bonds. The number of benzene rings is 1. The highest BCUT2D eigenvalue weighted by Gasteiger charge is 2.46. The lowest BCUT2D eigenvalue weighted by Gasteiger charge is -2.45. The third-order valence-corrected chi connectivity index (χ3v) is 7.15. The Balaban J connectivity index is 1.93. The first-order valence-corrected chi connectivity index (χ1v) is 11.2. The van der Waals surface area contributed by atoms with Crippen LogP contribution in [0.25, 0.3) is 0 Å². The average molecular weight is 387 g/mol. The van der Waals surface area contributed by atoms with Crippen LogP contribution in [-0.4, -0.2) is 16.5 Å². The molecule has 3 heteroatoms. The minimum atomic E-state index is -0.321. The van der Waals surface area contributed by atoms with E-state index >= 15 is 0 Å². The monoisotopic (exact) mass is 386 g/mol. The third kappa shape index (κ3) is 4.23. The molecular formula is C25H38O3. The fourth-order valence-corrected chi connectivity index (χ4v) is 5.29. The van der Waals surface area contributed by atoms with Gasteiger partial charge in [-0.2, -0.15) is 0 Å². The van der Waals surface area contributed by atoms with Crippen molar-refractivity contribution in [2.45, 2.75) is 109 Å². The number of carbonyl (C=O) groups is 1. The van der Waals surface area contributed by atoms with Crippen molar-refractivity contribution in [1.82, 2.24) is 0 Å². The maximum Gasteiger partial charge on any atom is 0.132 e. The Bertz CT molecular complexity index is 717. The van der Waals surface area contributed by atoms with Gasteiger partial charge in [-0.05, 0) is 62.1 Å². The Morgan fingerprint density at radius 3 is 2.57 bits per heavy atom. The Labute approximate surface area is 170 Å². The molecule has 0 radical (unpaired) electrons. The number of aromatic hydroxyl groups is 1. The van der Waals surface area contributed by atoms with Crippen molar-refractivity contribution in [3.05, 3.63) is 23.3 Å². The number of fused-ring (bicyclic) bond motifs is 3. The quantitative estimate of drug-likeness (QED) is 0.556. The molecule has 28 heavy (non-hydrogen) atoms. The molecule has 0 spiro atoms. The van der Waals surface area contributed by atoms with Crippen LogP contribution in [0.3, 0.4) is 0 Å². The van der Waals surface area contributed by atoms with Crippen LogP contribution >= 0.6 is 0 Å². The molecule has 0 aromatic heterocycles. The molecule has 2 atom stereocenters. The summed E-state index contributed by atoms with van der Waals surface area (Å²) in [7, 11) is 0. The second-order valence-electron chi connectivity index (χ2n) is 10.1. The summed E-state index contributed by atoms with van der Waals surface area (Å²) in [6, 6.07) is 4.13. The van der Waals surface area contributed by atoms with E-state index in [0.29, 0.717) is 24.4 Å². The van der Waals surface area contributed by atoms with E-state index in [1.807, 2.05) is 6.07 Å². The van der Waals surface area contributed by atoms with Gasteiger partial charge in [-0.3, -0.25) is 4.79 Å². The summed E-state index contributed by atoms with van der Waals surface area (Å²) in [6.07, 6.45) is 9.01. The zero-order valence-corrected chi connectivity index (χ0v) is 18.4. The van der Waals surface area contributed by atoms with Gasteiger partial charge in [0.2, 0.25) is 0 Å². The van der Waals surface area contributed by atoms with Crippen molar-refractivity contribution in [3.63, 3.8) is 0 Å². The number of ether oxygens (including phenoxy) is 1. The number of rotatable bonds is 6. The Kier molecular flexibility index (Phi) is 6.12. The first kappa shape index (κ1) is 21.2. The molecule has 1 aliphatic carbocycles. The van der Waals surface area contributed by atoms with Gasteiger partial charge in [-0.25, -0.2) is 0 Å². The van der Waals surface area contributed by atoms with E-state index in [2.05, 4.69) is 40.7 Å². The van der Waals surface area contributed by atoms with Crippen molar-refractivity contribution in [3.8, 4) is 11.5 Å². The number of unbranched alkanes of at least 4 members (excludes halogenated alkanes) is 3. The Hall–Kier alpha value is -1.51. The van der Waals surface area contributed by atoms with Crippen molar-refractivity contribution in [2.75, 3.05) is 0 Å². The topological polar surface area (TPSA) is 46.5 Å². The van der Waals surface area contributed by atoms with Crippen molar-refractivity contribution in [1.29, 1.82) is 0 Å². The van der Waals surface area contributed by atoms with Crippen molar-refractivity contribution >= 4 is 5.78 Å². The van der Waals surface area contributed by atoms with E-state index in [9.17, 15) is 9.90 Å². The molecule has 2 aliphatic rings. The summed E-state index contributed by atoms with van der Waals surface area (Å²) in [5.74, 6) is 2.00. The van der Waals surface area contributed by atoms with Crippen LogP contribution < -0.4 is 4.74 Å². The van der Waals surface area contributed by atoms with Crippen LogP contribution in [0.4, 0.5) is 0 Å². The largest absolute Gasteiger partial charge is 0.508 e. The molecule has 0 bridgehead atoms. The van der Waals surface area contributed by atoms with Gasteiger partial charge in [0.05, 0.1) is 0 Å². The number of ketones is 1. The zero-order chi connectivity index (χ0) is 20.5. The second-order valence-corrected chi connectivity index (χ2v) is 10.1. The maximum atomic E-state index is 12.1. The molecule has 1 saturated carbocycles. The number of phenols is 1. The van der Waals surface area contributed by atoms with Gasteiger partial charge in [-0.15, -0.1) is 0 Å². The summed E-state index contributed by atoms with van der Waals surface area (Å²) in [6.45, 7) is 11.1. The maximum absolute atomic E-state index is 12.1. The van der Waals surface area contributed by atoms with E-state index in [1.54, 1.807) is 0 Å². The number of hydrogen-bond donors (Lipinski definition) is 1. The molecule has 1 aromatic rings. The predicted octanol–water partition coefficient (Wildman–Crippen LogP) is 6.65. The molecule has 156 valence electrons. The van der Waals surface area contributed by atoms with Gasteiger partial charge in [-0.1, -0.05) is 46.5 Å². The molecule has 1 heterocycles.